The first-order chi connectivity index (χ1) is 14.9. The Morgan fingerprint density at radius 3 is 2.03 bits per heavy atom. The largest absolute Gasteiger partial charge is 0.377 e. The molecule has 0 spiro atoms. The Labute approximate surface area is 183 Å². The molecule has 0 saturated heterocycles. The summed E-state index contributed by atoms with van der Waals surface area (Å²) in [6.07, 6.45) is 5.82. The Bertz CT molecular complexity index is 638. The lowest BCUT2D eigenvalue weighted by molar-refractivity contribution is -0.138. The Morgan fingerprint density at radius 1 is 0.935 bits per heavy atom. The van der Waals surface area contributed by atoms with Crippen LogP contribution in [0.4, 0.5) is 0 Å². The van der Waals surface area contributed by atoms with Crippen LogP contribution < -0.4 is 10.6 Å². The minimum atomic E-state index is -0.242. The summed E-state index contributed by atoms with van der Waals surface area (Å²) >= 11 is 0. The highest BCUT2D eigenvalue weighted by Gasteiger charge is 2.31. The zero-order chi connectivity index (χ0) is 22.6. The van der Waals surface area contributed by atoms with Gasteiger partial charge in [-0.05, 0) is 31.6 Å². The Hall–Kier alpha value is -2.26. The van der Waals surface area contributed by atoms with E-state index in [1.807, 2.05) is 13.8 Å². The van der Waals surface area contributed by atoms with Gasteiger partial charge in [0, 0.05) is 43.6 Å². The van der Waals surface area contributed by atoms with Gasteiger partial charge in [-0.25, -0.2) is 0 Å². The molecule has 1 fully saturated rings. The number of amides is 4. The summed E-state index contributed by atoms with van der Waals surface area (Å²) in [6.45, 7) is 6.79. The van der Waals surface area contributed by atoms with Crippen molar-refractivity contribution in [3.05, 3.63) is 12.2 Å². The molecule has 1 heterocycles. The van der Waals surface area contributed by atoms with Gasteiger partial charge in [0.25, 0.3) is 11.8 Å². The van der Waals surface area contributed by atoms with Crippen molar-refractivity contribution in [2.75, 3.05) is 46.1 Å². The number of hydrogen-bond donors (Lipinski definition) is 2. The van der Waals surface area contributed by atoms with E-state index >= 15 is 0 Å². The molecule has 9 nitrogen and oxygen atoms in total. The SMILES string of the molecule is CC(C)C(=O)NCCOCCOCCNC(=O)C1CCC(CN2C(=O)C=CC2=O)CC1. The molecule has 2 rings (SSSR count). The lowest BCUT2D eigenvalue weighted by atomic mass is 9.81. The molecule has 9 heteroatoms. The highest BCUT2D eigenvalue weighted by Crippen LogP contribution is 2.30. The standard InChI is InChI=1S/C22H35N3O6/c1-16(2)21(28)23-9-11-30-13-14-31-12-10-24-22(29)18-5-3-17(4-6-18)15-25-19(26)7-8-20(25)27/h7-8,16-18H,3-6,9-15H2,1-2H3,(H,23,28)(H,24,29). The first-order valence-corrected chi connectivity index (χ1v) is 11.1. The van der Waals surface area contributed by atoms with Gasteiger partial charge in [0.05, 0.1) is 26.4 Å². The average Bonchev–Trinajstić information content (AvgIpc) is 3.07. The average molecular weight is 438 g/mol. The maximum Gasteiger partial charge on any atom is 0.253 e. The van der Waals surface area contributed by atoms with Gasteiger partial charge in [-0.3, -0.25) is 24.1 Å². The van der Waals surface area contributed by atoms with Crippen LogP contribution in [0.15, 0.2) is 12.2 Å². The van der Waals surface area contributed by atoms with E-state index in [0.29, 0.717) is 46.1 Å². The van der Waals surface area contributed by atoms with Crippen molar-refractivity contribution in [3.63, 3.8) is 0 Å². The molecule has 0 radical (unpaired) electrons. The van der Waals surface area contributed by atoms with Crippen molar-refractivity contribution in [2.24, 2.45) is 17.8 Å². The van der Waals surface area contributed by atoms with Gasteiger partial charge in [-0.1, -0.05) is 13.8 Å². The molecule has 1 aliphatic heterocycles. The third kappa shape index (κ3) is 8.78. The van der Waals surface area contributed by atoms with E-state index in [0.717, 1.165) is 25.7 Å². The summed E-state index contributed by atoms with van der Waals surface area (Å²) in [7, 11) is 0. The van der Waals surface area contributed by atoms with Crippen LogP contribution >= 0.6 is 0 Å². The van der Waals surface area contributed by atoms with E-state index in [-0.39, 0.29) is 41.4 Å². The zero-order valence-electron chi connectivity index (χ0n) is 18.6. The van der Waals surface area contributed by atoms with Crippen molar-refractivity contribution in [2.45, 2.75) is 39.5 Å². The van der Waals surface area contributed by atoms with Crippen molar-refractivity contribution in [1.29, 1.82) is 0 Å². The van der Waals surface area contributed by atoms with Crippen LogP contribution in [-0.4, -0.2) is 74.6 Å². The molecule has 1 aliphatic carbocycles. The number of imide groups is 1. The third-order valence-electron chi connectivity index (χ3n) is 5.55. The van der Waals surface area contributed by atoms with Crippen LogP contribution in [0.1, 0.15) is 39.5 Å². The van der Waals surface area contributed by atoms with Crippen LogP contribution in [0.25, 0.3) is 0 Å². The fourth-order valence-electron chi connectivity index (χ4n) is 3.64. The summed E-state index contributed by atoms with van der Waals surface area (Å²) in [6, 6.07) is 0. The molecule has 4 amide bonds. The van der Waals surface area contributed by atoms with Gasteiger partial charge in [0.1, 0.15) is 0 Å². The van der Waals surface area contributed by atoms with E-state index in [9.17, 15) is 19.2 Å². The van der Waals surface area contributed by atoms with Gasteiger partial charge >= 0.3 is 0 Å². The molecule has 0 atom stereocenters. The number of carbonyl (C=O) groups excluding carboxylic acids is 4. The Kier molecular flexibility index (Phi) is 10.7. The van der Waals surface area contributed by atoms with Crippen LogP contribution in [-0.2, 0) is 28.7 Å². The van der Waals surface area contributed by atoms with E-state index in [4.69, 9.17) is 9.47 Å². The fraction of sp³-hybridized carbons (Fsp3) is 0.727. The highest BCUT2D eigenvalue weighted by molar-refractivity contribution is 6.12. The van der Waals surface area contributed by atoms with Crippen molar-refractivity contribution < 1.29 is 28.7 Å². The summed E-state index contributed by atoms with van der Waals surface area (Å²) in [5.74, 6) is -0.228. The van der Waals surface area contributed by atoms with Crippen LogP contribution in [0.5, 0.6) is 0 Å². The van der Waals surface area contributed by atoms with Crippen molar-refractivity contribution >= 4 is 23.6 Å². The number of rotatable bonds is 13. The van der Waals surface area contributed by atoms with Crippen LogP contribution in [0.3, 0.4) is 0 Å². The van der Waals surface area contributed by atoms with Crippen molar-refractivity contribution in [1.82, 2.24) is 15.5 Å². The van der Waals surface area contributed by atoms with Crippen molar-refractivity contribution in [3.8, 4) is 0 Å². The minimum Gasteiger partial charge on any atom is -0.377 e. The molecule has 0 aromatic rings. The summed E-state index contributed by atoms with van der Waals surface area (Å²) < 4.78 is 10.8. The molecular formula is C22H35N3O6. The van der Waals surface area contributed by atoms with Crippen LogP contribution in [0.2, 0.25) is 0 Å². The molecule has 0 aromatic carbocycles. The first kappa shape index (κ1) is 25.0. The summed E-state index contributed by atoms with van der Waals surface area (Å²) in [5.41, 5.74) is 0. The third-order valence-corrected chi connectivity index (χ3v) is 5.55. The van der Waals surface area contributed by atoms with Gasteiger partial charge in [-0.15, -0.1) is 0 Å². The van der Waals surface area contributed by atoms with E-state index in [1.54, 1.807) is 0 Å². The predicted octanol–water partition coefficient (Wildman–Crippen LogP) is 0.639. The number of nitrogens with zero attached hydrogens (tertiary/aromatic N) is 1. The predicted molar refractivity (Wildman–Crippen MR) is 114 cm³/mol. The lowest BCUT2D eigenvalue weighted by Crippen LogP contribution is -2.39. The molecule has 2 N–H and O–H groups in total. The number of hydrogen-bond acceptors (Lipinski definition) is 6. The number of ether oxygens (including phenoxy) is 2. The second-order valence-corrected chi connectivity index (χ2v) is 8.30. The minimum absolute atomic E-state index is 0.0122. The molecule has 31 heavy (non-hydrogen) atoms. The maximum atomic E-state index is 12.3. The Morgan fingerprint density at radius 2 is 1.48 bits per heavy atom. The van der Waals surface area contributed by atoms with Gasteiger partial charge < -0.3 is 20.1 Å². The van der Waals surface area contributed by atoms with Gasteiger partial charge in [-0.2, -0.15) is 0 Å². The first-order valence-electron chi connectivity index (χ1n) is 11.1. The quantitative estimate of drug-likeness (QED) is 0.323. The Balaban J connectivity index is 1.44. The molecule has 0 unspecified atom stereocenters. The summed E-state index contributed by atoms with van der Waals surface area (Å²) in [5, 5.41) is 5.68. The lowest BCUT2D eigenvalue weighted by Gasteiger charge is -2.30. The molecular weight excluding hydrogens is 402 g/mol. The van der Waals surface area contributed by atoms with E-state index in [2.05, 4.69) is 10.6 Å². The monoisotopic (exact) mass is 437 g/mol. The molecule has 0 bridgehead atoms. The van der Waals surface area contributed by atoms with E-state index < -0.39 is 0 Å². The number of nitrogens with one attached hydrogen (secondary N) is 2. The molecule has 2 aliphatic rings. The number of carbonyl (C=O) groups is 4. The fourth-order valence-corrected chi connectivity index (χ4v) is 3.64. The molecule has 174 valence electrons. The highest BCUT2D eigenvalue weighted by atomic mass is 16.5. The zero-order valence-corrected chi connectivity index (χ0v) is 18.6. The maximum absolute atomic E-state index is 12.3. The van der Waals surface area contributed by atoms with Crippen LogP contribution in [0, 0.1) is 17.8 Å². The molecule has 1 saturated carbocycles. The normalized spacial score (nSPS) is 21.1. The van der Waals surface area contributed by atoms with Gasteiger partial charge in [0.2, 0.25) is 11.8 Å². The second kappa shape index (κ2) is 13.2. The topological polar surface area (TPSA) is 114 Å². The smallest absolute Gasteiger partial charge is 0.253 e. The molecule has 0 aromatic heterocycles. The van der Waals surface area contributed by atoms with Gasteiger partial charge in [0.15, 0.2) is 0 Å². The summed E-state index contributed by atoms with van der Waals surface area (Å²) in [4.78, 5) is 48.3. The van der Waals surface area contributed by atoms with E-state index in [1.165, 1.54) is 17.1 Å². The second-order valence-electron chi connectivity index (χ2n) is 8.30.